The van der Waals surface area contributed by atoms with Gasteiger partial charge >= 0.3 is 0 Å². The third kappa shape index (κ3) is 3.13. The summed E-state index contributed by atoms with van der Waals surface area (Å²) in [6.45, 7) is 2.25. The molecule has 1 aliphatic rings. The quantitative estimate of drug-likeness (QED) is 0.825. The second-order valence-electron chi connectivity index (χ2n) is 5.60. The first-order chi connectivity index (χ1) is 9.43. The van der Waals surface area contributed by atoms with E-state index >= 15 is 0 Å². The van der Waals surface area contributed by atoms with Crippen LogP contribution in [0.5, 0.6) is 0 Å². The van der Waals surface area contributed by atoms with Crippen LogP contribution in [0.2, 0.25) is 0 Å². The first-order valence-electron chi connectivity index (χ1n) is 7.47. The van der Waals surface area contributed by atoms with Crippen molar-refractivity contribution in [2.75, 3.05) is 13.1 Å². The van der Waals surface area contributed by atoms with E-state index in [0.29, 0.717) is 0 Å². The summed E-state index contributed by atoms with van der Waals surface area (Å²) in [5.74, 6) is 0.922. The SMILES string of the molecule is c1cnc2c(CCNCC3CCCC3)cccc2c1. The number of para-hydroxylation sites is 1. The molecule has 0 unspecified atom stereocenters. The summed E-state index contributed by atoms with van der Waals surface area (Å²) in [6.07, 6.45) is 8.66. The van der Waals surface area contributed by atoms with Gasteiger partial charge in [0.15, 0.2) is 0 Å². The number of nitrogens with zero attached hydrogens (tertiary/aromatic N) is 1. The molecule has 0 bridgehead atoms. The number of hydrogen-bond donors (Lipinski definition) is 1. The van der Waals surface area contributed by atoms with Crippen LogP contribution in [0, 0.1) is 5.92 Å². The minimum atomic E-state index is 0.922. The zero-order valence-corrected chi connectivity index (χ0v) is 11.4. The van der Waals surface area contributed by atoms with Gasteiger partial charge < -0.3 is 5.32 Å². The first kappa shape index (κ1) is 12.6. The van der Waals surface area contributed by atoms with Crippen molar-refractivity contribution in [1.29, 1.82) is 0 Å². The zero-order valence-electron chi connectivity index (χ0n) is 11.4. The van der Waals surface area contributed by atoms with E-state index in [0.717, 1.165) is 24.4 Å². The van der Waals surface area contributed by atoms with Crippen molar-refractivity contribution in [2.45, 2.75) is 32.1 Å². The van der Waals surface area contributed by atoms with E-state index in [4.69, 9.17) is 0 Å². The molecule has 1 aromatic carbocycles. The van der Waals surface area contributed by atoms with E-state index in [9.17, 15) is 0 Å². The molecular weight excluding hydrogens is 232 g/mol. The third-order valence-corrected chi connectivity index (χ3v) is 4.20. The minimum absolute atomic E-state index is 0.922. The second kappa shape index (κ2) is 6.16. The Balaban J connectivity index is 1.56. The molecule has 3 rings (SSSR count). The maximum Gasteiger partial charge on any atom is 0.0734 e. The topological polar surface area (TPSA) is 24.9 Å². The Hall–Kier alpha value is -1.41. The van der Waals surface area contributed by atoms with Gasteiger partial charge in [-0.2, -0.15) is 0 Å². The van der Waals surface area contributed by atoms with E-state index in [1.807, 2.05) is 12.3 Å². The molecule has 0 aliphatic heterocycles. The van der Waals surface area contributed by atoms with Crippen LogP contribution in [0.15, 0.2) is 36.5 Å². The van der Waals surface area contributed by atoms with E-state index < -0.39 is 0 Å². The molecular formula is C17H22N2. The summed E-state index contributed by atoms with van der Waals surface area (Å²) in [4.78, 5) is 4.51. The highest BCUT2D eigenvalue weighted by Gasteiger charge is 2.13. The average molecular weight is 254 g/mol. The van der Waals surface area contributed by atoms with Crippen molar-refractivity contribution in [3.8, 4) is 0 Å². The van der Waals surface area contributed by atoms with Crippen LogP contribution in [0.4, 0.5) is 0 Å². The molecule has 2 nitrogen and oxygen atoms in total. The number of benzene rings is 1. The monoisotopic (exact) mass is 254 g/mol. The van der Waals surface area contributed by atoms with Crippen molar-refractivity contribution in [1.82, 2.24) is 10.3 Å². The number of hydrogen-bond acceptors (Lipinski definition) is 2. The Morgan fingerprint density at radius 3 is 2.84 bits per heavy atom. The lowest BCUT2D eigenvalue weighted by Crippen LogP contribution is -2.23. The summed E-state index contributed by atoms with van der Waals surface area (Å²) in [5, 5.41) is 4.86. The normalized spacial score (nSPS) is 16.2. The highest BCUT2D eigenvalue weighted by molar-refractivity contribution is 5.81. The maximum absolute atomic E-state index is 4.51. The number of nitrogens with one attached hydrogen (secondary N) is 1. The molecule has 1 aliphatic carbocycles. The van der Waals surface area contributed by atoms with Gasteiger partial charge in [-0.25, -0.2) is 0 Å². The van der Waals surface area contributed by atoms with Crippen molar-refractivity contribution in [2.24, 2.45) is 5.92 Å². The summed E-state index contributed by atoms with van der Waals surface area (Å²) in [7, 11) is 0. The molecule has 0 radical (unpaired) electrons. The minimum Gasteiger partial charge on any atom is -0.316 e. The standard InChI is InChI=1S/C17H22N2/c1-2-6-14(5-1)13-18-12-10-16-8-3-7-15-9-4-11-19-17(15)16/h3-4,7-9,11,14,18H,1-2,5-6,10,12-13H2. The van der Waals surface area contributed by atoms with Gasteiger partial charge in [0, 0.05) is 11.6 Å². The number of fused-ring (bicyclic) bond motifs is 1. The van der Waals surface area contributed by atoms with Crippen molar-refractivity contribution >= 4 is 10.9 Å². The molecule has 1 fully saturated rings. The van der Waals surface area contributed by atoms with Gasteiger partial charge in [0.1, 0.15) is 0 Å². The van der Waals surface area contributed by atoms with Gasteiger partial charge in [-0.15, -0.1) is 0 Å². The van der Waals surface area contributed by atoms with Gasteiger partial charge in [-0.05, 0) is 49.9 Å². The molecule has 2 heteroatoms. The summed E-state index contributed by atoms with van der Waals surface area (Å²) in [6, 6.07) is 10.6. The lowest BCUT2D eigenvalue weighted by Gasteiger charge is -2.11. The van der Waals surface area contributed by atoms with Crippen LogP contribution in [0.3, 0.4) is 0 Å². The molecule has 1 saturated carbocycles. The van der Waals surface area contributed by atoms with Gasteiger partial charge in [0.05, 0.1) is 5.52 Å². The highest BCUT2D eigenvalue weighted by atomic mass is 14.9. The average Bonchev–Trinajstić information content (AvgIpc) is 2.97. The van der Waals surface area contributed by atoms with Crippen molar-refractivity contribution in [3.05, 3.63) is 42.1 Å². The van der Waals surface area contributed by atoms with Crippen molar-refractivity contribution < 1.29 is 0 Å². The first-order valence-corrected chi connectivity index (χ1v) is 7.47. The molecule has 2 aromatic rings. The van der Waals surface area contributed by atoms with Crippen LogP contribution in [-0.2, 0) is 6.42 Å². The molecule has 19 heavy (non-hydrogen) atoms. The molecule has 0 amide bonds. The Morgan fingerprint density at radius 1 is 1.11 bits per heavy atom. The highest BCUT2D eigenvalue weighted by Crippen LogP contribution is 2.23. The van der Waals surface area contributed by atoms with Crippen molar-refractivity contribution in [3.63, 3.8) is 0 Å². The van der Waals surface area contributed by atoms with Gasteiger partial charge in [-0.3, -0.25) is 4.98 Å². The predicted octanol–water partition coefficient (Wildman–Crippen LogP) is 3.56. The largest absolute Gasteiger partial charge is 0.316 e. The van der Waals surface area contributed by atoms with E-state index in [1.54, 1.807) is 0 Å². The Bertz CT molecular complexity index is 524. The fourth-order valence-electron chi connectivity index (χ4n) is 3.11. The van der Waals surface area contributed by atoms with Crippen LogP contribution < -0.4 is 5.32 Å². The molecule has 100 valence electrons. The van der Waals surface area contributed by atoms with Crippen LogP contribution in [-0.4, -0.2) is 18.1 Å². The van der Waals surface area contributed by atoms with E-state index in [1.165, 1.54) is 43.2 Å². The summed E-state index contributed by atoms with van der Waals surface area (Å²) < 4.78 is 0. The number of pyridine rings is 1. The lowest BCUT2D eigenvalue weighted by molar-refractivity contribution is 0.492. The Labute approximate surface area is 115 Å². The zero-order chi connectivity index (χ0) is 12.9. The molecule has 0 atom stereocenters. The van der Waals surface area contributed by atoms with Gasteiger partial charge in [-0.1, -0.05) is 37.1 Å². The fraction of sp³-hybridized carbons (Fsp3) is 0.471. The molecule has 1 heterocycles. The predicted molar refractivity (Wildman–Crippen MR) is 80.3 cm³/mol. The molecule has 1 N–H and O–H groups in total. The molecule has 0 saturated heterocycles. The van der Waals surface area contributed by atoms with E-state index in [2.05, 4.69) is 34.6 Å². The van der Waals surface area contributed by atoms with Gasteiger partial charge in [0.2, 0.25) is 0 Å². The Kier molecular flexibility index (Phi) is 4.09. The molecule has 1 aromatic heterocycles. The fourth-order valence-corrected chi connectivity index (χ4v) is 3.11. The second-order valence-corrected chi connectivity index (χ2v) is 5.60. The Morgan fingerprint density at radius 2 is 1.95 bits per heavy atom. The van der Waals surface area contributed by atoms with Gasteiger partial charge in [0.25, 0.3) is 0 Å². The smallest absolute Gasteiger partial charge is 0.0734 e. The summed E-state index contributed by atoms with van der Waals surface area (Å²) >= 11 is 0. The maximum atomic E-state index is 4.51. The number of rotatable bonds is 5. The van der Waals surface area contributed by atoms with Crippen LogP contribution in [0.1, 0.15) is 31.2 Å². The van der Waals surface area contributed by atoms with Crippen LogP contribution >= 0.6 is 0 Å². The summed E-state index contributed by atoms with van der Waals surface area (Å²) in [5.41, 5.74) is 2.52. The number of aromatic nitrogens is 1. The lowest BCUT2D eigenvalue weighted by atomic mass is 10.1. The molecule has 0 spiro atoms. The van der Waals surface area contributed by atoms with E-state index in [-0.39, 0.29) is 0 Å². The van der Waals surface area contributed by atoms with Crippen LogP contribution in [0.25, 0.3) is 10.9 Å². The third-order valence-electron chi connectivity index (χ3n) is 4.20.